The normalized spacial score (nSPS) is 24.5. The number of hydrogen-bond acceptors (Lipinski definition) is 5. The second-order valence-electron chi connectivity index (χ2n) is 8.29. The molecular formula is C21H27N5O4. The summed E-state index contributed by atoms with van der Waals surface area (Å²) in [4.78, 5) is 34.4. The van der Waals surface area contributed by atoms with Crippen molar-refractivity contribution in [2.45, 2.75) is 50.5 Å². The van der Waals surface area contributed by atoms with Gasteiger partial charge in [-0.15, -0.1) is 0 Å². The highest BCUT2D eigenvalue weighted by Crippen LogP contribution is 2.32. The van der Waals surface area contributed by atoms with Gasteiger partial charge in [0, 0.05) is 37.1 Å². The van der Waals surface area contributed by atoms with Crippen LogP contribution in [0.5, 0.6) is 0 Å². The number of amides is 3. The first-order chi connectivity index (χ1) is 14.4. The summed E-state index contributed by atoms with van der Waals surface area (Å²) >= 11 is 0. The number of rotatable bonds is 5. The summed E-state index contributed by atoms with van der Waals surface area (Å²) in [6.45, 7) is 0.520. The number of carbonyl (C=O) groups is 3. The van der Waals surface area contributed by atoms with Gasteiger partial charge in [0.2, 0.25) is 11.8 Å². The molecule has 1 aromatic carbocycles. The lowest BCUT2D eigenvalue weighted by molar-refractivity contribution is -0.134. The number of hydrogen-bond donors (Lipinski definition) is 4. The van der Waals surface area contributed by atoms with E-state index in [1.807, 2.05) is 19.2 Å². The fourth-order valence-corrected chi connectivity index (χ4v) is 4.57. The fraction of sp³-hybridized carbons (Fsp3) is 0.524. The molecule has 2 fully saturated rings. The van der Waals surface area contributed by atoms with Gasteiger partial charge in [-0.3, -0.25) is 19.6 Å². The predicted octanol–water partition coefficient (Wildman–Crippen LogP) is 2.33. The van der Waals surface area contributed by atoms with Gasteiger partial charge in [0.15, 0.2) is 0 Å². The van der Waals surface area contributed by atoms with E-state index in [4.69, 9.17) is 5.11 Å². The van der Waals surface area contributed by atoms with Crippen molar-refractivity contribution >= 4 is 34.5 Å². The third-order valence-electron chi connectivity index (χ3n) is 6.21. The molecule has 0 bridgehead atoms. The largest absolute Gasteiger partial charge is 0.465 e. The molecule has 0 radical (unpaired) electrons. The molecule has 2 heterocycles. The number of carbonyl (C=O) groups excluding carboxylic acids is 2. The Labute approximate surface area is 174 Å². The maximum atomic E-state index is 12.3. The lowest BCUT2D eigenvalue weighted by Gasteiger charge is -2.29. The third kappa shape index (κ3) is 4.24. The van der Waals surface area contributed by atoms with Gasteiger partial charge < -0.3 is 15.7 Å². The number of benzene rings is 1. The van der Waals surface area contributed by atoms with Crippen molar-refractivity contribution in [3.8, 4) is 0 Å². The summed E-state index contributed by atoms with van der Waals surface area (Å²) < 4.78 is 1.79. The van der Waals surface area contributed by atoms with Gasteiger partial charge >= 0.3 is 6.09 Å². The fourth-order valence-electron chi connectivity index (χ4n) is 4.57. The highest BCUT2D eigenvalue weighted by atomic mass is 16.4. The van der Waals surface area contributed by atoms with Crippen LogP contribution in [0.4, 0.5) is 10.5 Å². The molecule has 4 N–H and O–H groups in total. The number of nitrogens with one attached hydrogen (secondary N) is 3. The van der Waals surface area contributed by atoms with E-state index in [2.05, 4.69) is 27.1 Å². The molecule has 9 heteroatoms. The Morgan fingerprint density at radius 1 is 1.23 bits per heavy atom. The van der Waals surface area contributed by atoms with Crippen molar-refractivity contribution in [2.24, 2.45) is 13.0 Å². The molecule has 1 unspecified atom stereocenters. The zero-order chi connectivity index (χ0) is 21.3. The molecule has 1 saturated heterocycles. The summed E-state index contributed by atoms with van der Waals surface area (Å²) in [5.74, 6) is -0.506. The molecule has 1 aromatic heterocycles. The first kappa shape index (κ1) is 20.2. The first-order valence-corrected chi connectivity index (χ1v) is 10.4. The second kappa shape index (κ2) is 8.33. The maximum absolute atomic E-state index is 12.3. The molecule has 1 aliphatic heterocycles. The van der Waals surface area contributed by atoms with Crippen molar-refractivity contribution in [3.05, 3.63) is 23.9 Å². The van der Waals surface area contributed by atoms with Crippen LogP contribution in [-0.2, 0) is 16.6 Å². The highest BCUT2D eigenvalue weighted by molar-refractivity contribution is 6.02. The van der Waals surface area contributed by atoms with Gasteiger partial charge in [-0.05, 0) is 56.2 Å². The van der Waals surface area contributed by atoms with Crippen molar-refractivity contribution in [2.75, 3.05) is 11.9 Å². The number of fused-ring (bicyclic) bond motifs is 1. The van der Waals surface area contributed by atoms with E-state index in [1.165, 1.54) is 0 Å². The molecule has 4 rings (SSSR count). The van der Waals surface area contributed by atoms with E-state index in [0.717, 1.165) is 48.0 Å². The maximum Gasteiger partial charge on any atom is 0.404 e. The van der Waals surface area contributed by atoms with E-state index in [-0.39, 0.29) is 11.8 Å². The molecule has 2 aliphatic rings. The number of carboxylic acid groups (broad SMARTS) is 1. The number of imide groups is 1. The molecule has 1 saturated carbocycles. The van der Waals surface area contributed by atoms with E-state index >= 15 is 0 Å². The van der Waals surface area contributed by atoms with Crippen LogP contribution in [0.3, 0.4) is 0 Å². The lowest BCUT2D eigenvalue weighted by Crippen LogP contribution is -2.39. The van der Waals surface area contributed by atoms with E-state index in [1.54, 1.807) is 4.68 Å². The molecular weight excluding hydrogens is 386 g/mol. The predicted molar refractivity (Wildman–Crippen MR) is 111 cm³/mol. The minimum Gasteiger partial charge on any atom is -0.465 e. The second-order valence-corrected chi connectivity index (χ2v) is 8.29. The van der Waals surface area contributed by atoms with Gasteiger partial charge in [-0.25, -0.2) is 4.79 Å². The van der Waals surface area contributed by atoms with E-state index in [0.29, 0.717) is 31.3 Å². The monoisotopic (exact) mass is 413 g/mol. The smallest absolute Gasteiger partial charge is 0.404 e. The Balaban J connectivity index is 1.43. The molecule has 0 spiro atoms. The van der Waals surface area contributed by atoms with Crippen LogP contribution in [-0.4, -0.2) is 45.4 Å². The number of nitrogens with zero attached hydrogens (tertiary/aromatic N) is 2. The average molecular weight is 413 g/mol. The molecule has 1 atom stereocenters. The first-order valence-electron chi connectivity index (χ1n) is 10.4. The highest BCUT2D eigenvalue weighted by Gasteiger charge is 2.31. The Hall–Kier alpha value is -3.10. The Morgan fingerprint density at radius 3 is 2.70 bits per heavy atom. The van der Waals surface area contributed by atoms with Gasteiger partial charge in [0.05, 0.1) is 17.1 Å². The quantitative estimate of drug-likeness (QED) is 0.558. The Kier molecular flexibility index (Phi) is 5.61. The van der Waals surface area contributed by atoms with Crippen LogP contribution in [0.15, 0.2) is 18.2 Å². The summed E-state index contributed by atoms with van der Waals surface area (Å²) in [7, 11) is 1.86. The minimum absolute atomic E-state index is 0.226. The molecule has 160 valence electrons. The van der Waals surface area contributed by atoms with Crippen molar-refractivity contribution in [3.63, 3.8) is 0 Å². The summed E-state index contributed by atoms with van der Waals surface area (Å²) in [5, 5.41) is 22.7. The molecule has 2 aromatic rings. The number of piperidine rings is 1. The van der Waals surface area contributed by atoms with Gasteiger partial charge in [-0.2, -0.15) is 5.10 Å². The molecule has 1 aliphatic carbocycles. The molecule has 9 nitrogen and oxygen atoms in total. The summed E-state index contributed by atoms with van der Waals surface area (Å²) in [6, 6.07) is 6.41. The summed E-state index contributed by atoms with van der Waals surface area (Å²) in [5.41, 5.74) is 2.67. The Morgan fingerprint density at radius 2 is 2.00 bits per heavy atom. The van der Waals surface area contributed by atoms with Gasteiger partial charge in [0.1, 0.15) is 0 Å². The van der Waals surface area contributed by atoms with Crippen LogP contribution < -0.4 is 16.0 Å². The van der Waals surface area contributed by atoms with Crippen molar-refractivity contribution < 1.29 is 19.5 Å². The minimum atomic E-state index is -0.962. The molecule has 3 amide bonds. The SMILES string of the molecule is Cn1nc(C2CCC(=O)NC2=O)c2ccc(NC3CCC(CNC(=O)O)CC3)cc21. The number of aryl methyl sites for hydroxylation is 1. The third-order valence-corrected chi connectivity index (χ3v) is 6.21. The zero-order valence-corrected chi connectivity index (χ0v) is 17.0. The standard InChI is InChI=1S/C21H27N5O4/c1-26-17-10-14(23-13-4-2-12(3-5-13)11-22-21(29)30)6-7-15(17)19(25-26)16-8-9-18(27)24-20(16)28/h6-7,10,12-13,16,22-23H,2-5,8-9,11H2,1H3,(H,29,30)(H,24,27,28). The Bertz CT molecular complexity index is 977. The van der Waals surface area contributed by atoms with Crippen molar-refractivity contribution in [1.29, 1.82) is 0 Å². The topological polar surface area (TPSA) is 125 Å². The van der Waals surface area contributed by atoms with Crippen LogP contribution in [0, 0.1) is 5.92 Å². The van der Waals surface area contributed by atoms with Crippen LogP contribution in [0.2, 0.25) is 0 Å². The van der Waals surface area contributed by atoms with Crippen LogP contribution in [0.25, 0.3) is 10.9 Å². The number of aromatic nitrogens is 2. The zero-order valence-electron chi connectivity index (χ0n) is 17.0. The van der Waals surface area contributed by atoms with Gasteiger partial charge in [-0.1, -0.05) is 0 Å². The molecule has 30 heavy (non-hydrogen) atoms. The lowest BCUT2D eigenvalue weighted by atomic mass is 9.86. The van der Waals surface area contributed by atoms with Crippen LogP contribution >= 0.6 is 0 Å². The van der Waals surface area contributed by atoms with Crippen molar-refractivity contribution in [1.82, 2.24) is 20.4 Å². The summed E-state index contributed by atoms with van der Waals surface area (Å²) in [6.07, 6.45) is 3.83. The van der Waals surface area contributed by atoms with Gasteiger partial charge in [0.25, 0.3) is 0 Å². The van der Waals surface area contributed by atoms with E-state index < -0.39 is 12.0 Å². The number of anilines is 1. The van der Waals surface area contributed by atoms with Crippen LogP contribution in [0.1, 0.15) is 50.1 Å². The average Bonchev–Trinajstić information content (AvgIpc) is 3.03. The van der Waals surface area contributed by atoms with E-state index in [9.17, 15) is 14.4 Å².